The number of hydrogen-bond donors (Lipinski definition) is 0. The minimum absolute atomic E-state index is 0.00264. The maximum atomic E-state index is 11.9. The van der Waals surface area contributed by atoms with Gasteiger partial charge in [0.2, 0.25) is 0 Å². The monoisotopic (exact) mass is 320 g/mol. The molecule has 0 radical (unpaired) electrons. The fourth-order valence-electron chi connectivity index (χ4n) is 2.47. The van der Waals surface area contributed by atoms with Gasteiger partial charge in [0.15, 0.2) is 18.1 Å². The molecule has 1 saturated heterocycles. The molecule has 1 aromatic rings. The van der Waals surface area contributed by atoms with E-state index in [1.54, 1.807) is 18.7 Å². The molecule has 0 unspecified atom stereocenters. The molecule has 2 rings (SSSR count). The first-order chi connectivity index (χ1) is 10.9. The lowest BCUT2D eigenvalue weighted by Gasteiger charge is -2.15. The Morgan fingerprint density at radius 2 is 1.96 bits per heavy atom. The van der Waals surface area contributed by atoms with E-state index in [9.17, 15) is 19.7 Å². The van der Waals surface area contributed by atoms with Gasteiger partial charge < -0.3 is 9.64 Å². The van der Waals surface area contributed by atoms with Crippen LogP contribution in [-0.2, 0) is 4.79 Å². The number of ketones is 1. The van der Waals surface area contributed by atoms with Crippen LogP contribution in [-0.4, -0.2) is 41.2 Å². The molecule has 7 nitrogen and oxygen atoms in total. The summed E-state index contributed by atoms with van der Waals surface area (Å²) in [4.78, 5) is 36.2. The van der Waals surface area contributed by atoms with Crippen molar-refractivity contribution in [2.45, 2.75) is 26.7 Å². The first-order valence-electron chi connectivity index (χ1n) is 7.63. The summed E-state index contributed by atoms with van der Waals surface area (Å²) in [6.07, 6.45) is 1.94. The number of ether oxygens (including phenoxy) is 1. The number of carbonyl (C=O) groups is 2. The molecular weight excluding hydrogens is 300 g/mol. The van der Waals surface area contributed by atoms with E-state index in [2.05, 4.69) is 0 Å². The van der Waals surface area contributed by atoms with E-state index in [0.717, 1.165) is 12.8 Å². The number of nitro groups is 1. The lowest BCUT2D eigenvalue weighted by molar-refractivity contribution is -0.385. The second-order valence-corrected chi connectivity index (χ2v) is 5.84. The molecule has 1 amide bonds. The van der Waals surface area contributed by atoms with Crippen molar-refractivity contribution in [3.05, 3.63) is 33.9 Å². The van der Waals surface area contributed by atoms with Gasteiger partial charge in [-0.05, 0) is 25.0 Å². The molecule has 0 spiro atoms. The molecule has 124 valence electrons. The van der Waals surface area contributed by atoms with Gasteiger partial charge in [0.25, 0.3) is 5.91 Å². The molecule has 0 N–H and O–H groups in total. The second kappa shape index (κ2) is 7.21. The summed E-state index contributed by atoms with van der Waals surface area (Å²) in [5.74, 6) is -0.604. The van der Waals surface area contributed by atoms with Crippen LogP contribution in [0.2, 0.25) is 0 Å². The Bertz CT molecular complexity index is 621. The van der Waals surface area contributed by atoms with E-state index in [1.165, 1.54) is 18.2 Å². The van der Waals surface area contributed by atoms with Gasteiger partial charge in [0.05, 0.1) is 4.92 Å². The highest BCUT2D eigenvalue weighted by atomic mass is 16.6. The van der Waals surface area contributed by atoms with Crippen molar-refractivity contribution in [2.24, 2.45) is 5.92 Å². The fraction of sp³-hybridized carbons (Fsp3) is 0.500. The number of amides is 1. The summed E-state index contributed by atoms with van der Waals surface area (Å²) in [5, 5.41) is 11.2. The van der Waals surface area contributed by atoms with Crippen molar-refractivity contribution >= 4 is 17.4 Å². The maximum absolute atomic E-state index is 11.9. The van der Waals surface area contributed by atoms with Crippen molar-refractivity contribution < 1.29 is 19.2 Å². The largest absolute Gasteiger partial charge is 0.477 e. The third-order valence-electron chi connectivity index (χ3n) is 3.77. The molecule has 0 saturated carbocycles. The number of carbonyl (C=O) groups excluding carboxylic acids is 2. The van der Waals surface area contributed by atoms with Gasteiger partial charge in [-0.3, -0.25) is 19.7 Å². The minimum Gasteiger partial charge on any atom is -0.477 e. The molecule has 1 heterocycles. The van der Waals surface area contributed by atoms with Crippen LogP contribution in [0.15, 0.2) is 18.2 Å². The predicted molar refractivity (Wildman–Crippen MR) is 83.6 cm³/mol. The van der Waals surface area contributed by atoms with Crippen LogP contribution in [0, 0.1) is 16.0 Å². The quantitative estimate of drug-likeness (QED) is 0.456. The summed E-state index contributed by atoms with van der Waals surface area (Å²) >= 11 is 0. The highest BCUT2D eigenvalue weighted by Gasteiger charge is 2.23. The standard InChI is InChI=1S/C16H20N2O5/c1-11(2)16(20)12-5-6-14(13(9-12)18(21)22)23-10-15(19)17-7-3-4-8-17/h5-6,9,11H,3-4,7-8,10H2,1-2H3. The van der Waals surface area contributed by atoms with Gasteiger partial charge in [-0.25, -0.2) is 0 Å². The van der Waals surface area contributed by atoms with E-state index in [1.807, 2.05) is 0 Å². The van der Waals surface area contributed by atoms with Crippen LogP contribution in [0.4, 0.5) is 5.69 Å². The van der Waals surface area contributed by atoms with Crippen LogP contribution in [0.25, 0.3) is 0 Å². The molecule has 0 atom stereocenters. The lowest BCUT2D eigenvalue weighted by atomic mass is 10.0. The zero-order chi connectivity index (χ0) is 17.0. The molecule has 1 aliphatic heterocycles. The summed E-state index contributed by atoms with van der Waals surface area (Å²) in [6.45, 7) is 4.62. The molecule has 1 fully saturated rings. The van der Waals surface area contributed by atoms with Crippen molar-refractivity contribution in [2.75, 3.05) is 19.7 Å². The van der Waals surface area contributed by atoms with E-state index >= 15 is 0 Å². The first kappa shape index (κ1) is 16.9. The first-order valence-corrected chi connectivity index (χ1v) is 7.63. The van der Waals surface area contributed by atoms with Crippen LogP contribution in [0.1, 0.15) is 37.0 Å². The summed E-state index contributed by atoms with van der Waals surface area (Å²) < 4.78 is 5.32. The van der Waals surface area contributed by atoms with Crippen molar-refractivity contribution in [1.82, 2.24) is 4.90 Å². The smallest absolute Gasteiger partial charge is 0.311 e. The number of likely N-dealkylation sites (tertiary alicyclic amines) is 1. The Morgan fingerprint density at radius 3 is 2.52 bits per heavy atom. The van der Waals surface area contributed by atoms with Gasteiger partial charge in [-0.2, -0.15) is 0 Å². The number of nitrogens with zero attached hydrogens (tertiary/aromatic N) is 2. The number of hydrogen-bond acceptors (Lipinski definition) is 5. The molecule has 0 aliphatic carbocycles. The van der Waals surface area contributed by atoms with Crippen molar-refractivity contribution in [1.29, 1.82) is 0 Å². The normalized spacial score (nSPS) is 14.1. The molecule has 0 aromatic heterocycles. The number of nitro benzene ring substituents is 1. The van der Waals surface area contributed by atoms with Crippen LogP contribution in [0.3, 0.4) is 0 Å². The van der Waals surface area contributed by atoms with Crippen molar-refractivity contribution in [3.8, 4) is 5.75 Å². The summed E-state index contributed by atoms with van der Waals surface area (Å²) in [7, 11) is 0. The Morgan fingerprint density at radius 1 is 1.30 bits per heavy atom. The molecule has 0 bridgehead atoms. The average molecular weight is 320 g/mol. The maximum Gasteiger partial charge on any atom is 0.311 e. The third-order valence-corrected chi connectivity index (χ3v) is 3.77. The highest BCUT2D eigenvalue weighted by molar-refractivity contribution is 5.98. The number of Topliss-reactive ketones (excluding diaryl/α,β-unsaturated/α-hetero) is 1. The van der Waals surface area contributed by atoms with Gasteiger partial charge in [-0.1, -0.05) is 13.8 Å². The zero-order valence-corrected chi connectivity index (χ0v) is 13.3. The second-order valence-electron chi connectivity index (χ2n) is 5.84. The highest BCUT2D eigenvalue weighted by Crippen LogP contribution is 2.29. The van der Waals surface area contributed by atoms with Gasteiger partial charge in [-0.15, -0.1) is 0 Å². The molecular formula is C16H20N2O5. The fourth-order valence-corrected chi connectivity index (χ4v) is 2.47. The topological polar surface area (TPSA) is 89.8 Å². The van der Waals surface area contributed by atoms with E-state index in [-0.39, 0.29) is 41.2 Å². The van der Waals surface area contributed by atoms with Gasteiger partial charge in [0, 0.05) is 30.6 Å². The minimum atomic E-state index is -0.604. The lowest BCUT2D eigenvalue weighted by Crippen LogP contribution is -2.32. The Kier molecular flexibility index (Phi) is 5.31. The van der Waals surface area contributed by atoms with E-state index in [0.29, 0.717) is 13.1 Å². The Hall–Kier alpha value is -2.44. The van der Waals surface area contributed by atoms with E-state index in [4.69, 9.17) is 4.74 Å². The zero-order valence-electron chi connectivity index (χ0n) is 13.3. The SMILES string of the molecule is CC(C)C(=O)c1ccc(OCC(=O)N2CCCC2)c([N+](=O)[O-])c1. The third kappa shape index (κ3) is 4.06. The van der Waals surface area contributed by atoms with Crippen molar-refractivity contribution in [3.63, 3.8) is 0 Å². The van der Waals surface area contributed by atoms with Crippen LogP contribution < -0.4 is 4.74 Å². The average Bonchev–Trinajstić information content (AvgIpc) is 3.06. The molecule has 1 aliphatic rings. The number of rotatable bonds is 6. The van der Waals surface area contributed by atoms with Gasteiger partial charge >= 0.3 is 5.69 Å². The molecule has 7 heteroatoms. The number of benzene rings is 1. The Labute approximate surface area is 134 Å². The van der Waals surface area contributed by atoms with Crippen LogP contribution >= 0.6 is 0 Å². The summed E-state index contributed by atoms with van der Waals surface area (Å²) in [6, 6.07) is 4.08. The molecule has 23 heavy (non-hydrogen) atoms. The predicted octanol–water partition coefficient (Wildman–Crippen LogP) is 2.43. The summed E-state index contributed by atoms with van der Waals surface area (Å²) in [5.41, 5.74) is -0.0318. The van der Waals surface area contributed by atoms with Gasteiger partial charge in [0.1, 0.15) is 0 Å². The van der Waals surface area contributed by atoms with Crippen LogP contribution in [0.5, 0.6) is 5.75 Å². The molecule has 1 aromatic carbocycles. The van der Waals surface area contributed by atoms with E-state index < -0.39 is 4.92 Å². The Balaban J connectivity index is 2.13.